The molecular formula is C12H9BrClNO4. The molecule has 0 aliphatic rings. The van der Waals surface area contributed by atoms with Gasteiger partial charge >= 0.3 is 5.88 Å². The third-order valence-electron chi connectivity index (χ3n) is 2.51. The molecule has 2 aromatic rings. The summed E-state index contributed by atoms with van der Waals surface area (Å²) in [5.41, 5.74) is 0.749. The Morgan fingerprint density at radius 3 is 2.68 bits per heavy atom. The van der Waals surface area contributed by atoms with E-state index >= 15 is 0 Å². The molecule has 0 saturated carbocycles. The molecule has 1 heterocycles. The number of alkyl halides is 1. The van der Waals surface area contributed by atoms with Crippen LogP contribution in [0.5, 0.6) is 5.75 Å². The predicted molar refractivity (Wildman–Crippen MR) is 73.8 cm³/mol. The molecule has 0 spiro atoms. The molecule has 1 atom stereocenters. The zero-order valence-electron chi connectivity index (χ0n) is 9.80. The number of ether oxygens (including phenoxy) is 1. The Bertz CT molecular complexity index is 614. The molecule has 0 aliphatic heterocycles. The Balaban J connectivity index is 2.30. The van der Waals surface area contributed by atoms with Crippen LogP contribution in [0.15, 0.2) is 39.2 Å². The molecule has 1 unspecified atom stereocenters. The van der Waals surface area contributed by atoms with Gasteiger partial charge in [-0.2, -0.15) is 0 Å². The van der Waals surface area contributed by atoms with E-state index in [9.17, 15) is 10.1 Å². The third kappa shape index (κ3) is 2.90. The van der Waals surface area contributed by atoms with Crippen LogP contribution in [0.4, 0.5) is 5.88 Å². The fourth-order valence-corrected chi connectivity index (χ4v) is 2.39. The number of nitrogens with zero attached hydrogens (tertiary/aromatic N) is 1. The molecule has 0 bridgehead atoms. The molecule has 5 nitrogen and oxygen atoms in total. The normalized spacial score (nSPS) is 12.2. The molecule has 7 heteroatoms. The minimum absolute atomic E-state index is 0.324. The first-order valence-corrected chi connectivity index (χ1v) is 6.47. The van der Waals surface area contributed by atoms with E-state index in [2.05, 4.69) is 15.9 Å². The predicted octanol–water partition coefficient (Wildman–Crippen LogP) is 4.29. The minimum atomic E-state index is -0.601. The van der Waals surface area contributed by atoms with Crippen molar-refractivity contribution in [2.24, 2.45) is 0 Å². The molecule has 100 valence electrons. The van der Waals surface area contributed by atoms with E-state index in [1.807, 2.05) is 0 Å². The van der Waals surface area contributed by atoms with Gasteiger partial charge in [0.25, 0.3) is 0 Å². The molecule has 0 radical (unpaired) electrons. The van der Waals surface area contributed by atoms with Gasteiger partial charge in [-0.3, -0.25) is 10.1 Å². The Morgan fingerprint density at radius 2 is 2.16 bits per heavy atom. The van der Waals surface area contributed by atoms with Gasteiger partial charge in [0, 0.05) is 0 Å². The van der Waals surface area contributed by atoms with Gasteiger partial charge in [0.1, 0.15) is 21.8 Å². The summed E-state index contributed by atoms with van der Waals surface area (Å²) < 4.78 is 10.9. The first-order valence-electron chi connectivity index (χ1n) is 5.24. The highest BCUT2D eigenvalue weighted by molar-refractivity contribution is 9.10. The number of furan rings is 1. The highest BCUT2D eigenvalue weighted by Gasteiger charge is 2.20. The zero-order chi connectivity index (χ0) is 14.0. The SMILES string of the molecule is COc1ccc(C(Cl)c2ccc([N+](=O)[O-])o2)cc1Br. The van der Waals surface area contributed by atoms with Crippen molar-refractivity contribution >= 4 is 33.4 Å². The first-order chi connectivity index (χ1) is 9.02. The Labute approximate surface area is 122 Å². The summed E-state index contributed by atoms with van der Waals surface area (Å²) in [6.07, 6.45) is 0. The maximum atomic E-state index is 10.6. The zero-order valence-corrected chi connectivity index (χ0v) is 12.1. The number of halogens is 2. The van der Waals surface area contributed by atoms with E-state index in [-0.39, 0.29) is 5.88 Å². The monoisotopic (exact) mass is 345 g/mol. The van der Waals surface area contributed by atoms with Gasteiger partial charge in [0.15, 0.2) is 0 Å². The van der Waals surface area contributed by atoms with Gasteiger partial charge in [-0.15, -0.1) is 11.6 Å². The average molecular weight is 347 g/mol. The lowest BCUT2D eigenvalue weighted by molar-refractivity contribution is -0.402. The van der Waals surface area contributed by atoms with Crippen LogP contribution in [-0.2, 0) is 0 Å². The maximum absolute atomic E-state index is 10.6. The highest BCUT2D eigenvalue weighted by Crippen LogP contribution is 2.35. The summed E-state index contributed by atoms with van der Waals surface area (Å²) in [5.74, 6) is 0.678. The maximum Gasteiger partial charge on any atom is 0.433 e. The summed E-state index contributed by atoms with van der Waals surface area (Å²) >= 11 is 9.59. The van der Waals surface area contributed by atoms with E-state index in [0.717, 1.165) is 10.0 Å². The van der Waals surface area contributed by atoms with Crippen molar-refractivity contribution < 1.29 is 14.1 Å². The lowest BCUT2D eigenvalue weighted by Crippen LogP contribution is -1.93. The summed E-state index contributed by atoms with van der Waals surface area (Å²) in [6, 6.07) is 8.09. The summed E-state index contributed by atoms with van der Waals surface area (Å²) in [5, 5.41) is 9.95. The molecule has 1 aromatic heterocycles. The first kappa shape index (κ1) is 13.9. The second-order valence-corrected chi connectivity index (χ2v) is 4.98. The molecular weight excluding hydrogens is 337 g/mol. The lowest BCUT2D eigenvalue weighted by atomic mass is 10.1. The molecule has 0 fully saturated rings. The fraction of sp³-hybridized carbons (Fsp3) is 0.167. The van der Waals surface area contributed by atoms with Crippen LogP contribution in [0.3, 0.4) is 0 Å². The average Bonchev–Trinajstić information content (AvgIpc) is 2.87. The van der Waals surface area contributed by atoms with Crippen LogP contribution in [-0.4, -0.2) is 12.0 Å². The molecule has 2 rings (SSSR count). The van der Waals surface area contributed by atoms with Crippen molar-refractivity contribution in [2.45, 2.75) is 5.38 Å². The van der Waals surface area contributed by atoms with E-state index in [0.29, 0.717) is 11.5 Å². The van der Waals surface area contributed by atoms with Crippen LogP contribution >= 0.6 is 27.5 Å². The second kappa shape index (κ2) is 5.63. The Kier molecular flexibility index (Phi) is 4.11. The second-order valence-electron chi connectivity index (χ2n) is 3.69. The van der Waals surface area contributed by atoms with Gasteiger partial charge in [-0.05, 0) is 39.7 Å². The van der Waals surface area contributed by atoms with Crippen LogP contribution in [0.2, 0.25) is 0 Å². The smallest absolute Gasteiger partial charge is 0.433 e. The van der Waals surface area contributed by atoms with Crippen LogP contribution in [0.25, 0.3) is 0 Å². The van der Waals surface area contributed by atoms with Crippen molar-refractivity contribution in [3.05, 3.63) is 56.2 Å². The van der Waals surface area contributed by atoms with Crippen LogP contribution in [0.1, 0.15) is 16.7 Å². The topological polar surface area (TPSA) is 65.5 Å². The highest BCUT2D eigenvalue weighted by atomic mass is 79.9. The van der Waals surface area contributed by atoms with Gasteiger partial charge in [-0.1, -0.05) is 6.07 Å². The van der Waals surface area contributed by atoms with E-state index in [1.165, 1.54) is 12.1 Å². The molecule has 19 heavy (non-hydrogen) atoms. The van der Waals surface area contributed by atoms with E-state index in [4.69, 9.17) is 20.8 Å². The van der Waals surface area contributed by atoms with Gasteiger partial charge in [0.2, 0.25) is 0 Å². The van der Waals surface area contributed by atoms with E-state index < -0.39 is 10.3 Å². The van der Waals surface area contributed by atoms with Crippen molar-refractivity contribution in [2.75, 3.05) is 7.11 Å². The minimum Gasteiger partial charge on any atom is -0.496 e. The summed E-state index contributed by atoms with van der Waals surface area (Å²) in [7, 11) is 1.56. The lowest BCUT2D eigenvalue weighted by Gasteiger charge is -2.09. The molecule has 0 saturated heterocycles. The molecule has 0 aliphatic carbocycles. The van der Waals surface area contributed by atoms with Gasteiger partial charge in [-0.25, -0.2) is 0 Å². The quantitative estimate of drug-likeness (QED) is 0.470. The van der Waals surface area contributed by atoms with Crippen molar-refractivity contribution in [3.63, 3.8) is 0 Å². The summed E-state index contributed by atoms with van der Waals surface area (Å²) in [6.45, 7) is 0. The third-order valence-corrected chi connectivity index (χ3v) is 3.60. The number of rotatable bonds is 4. The van der Waals surface area contributed by atoms with Crippen molar-refractivity contribution in [1.82, 2.24) is 0 Å². The Hall–Kier alpha value is -1.53. The number of hydrogen-bond donors (Lipinski definition) is 0. The number of methoxy groups -OCH3 is 1. The molecule has 1 aromatic carbocycles. The Morgan fingerprint density at radius 1 is 1.42 bits per heavy atom. The van der Waals surface area contributed by atoms with Crippen LogP contribution in [0, 0.1) is 10.1 Å². The molecule has 0 N–H and O–H groups in total. The van der Waals surface area contributed by atoms with Crippen molar-refractivity contribution in [3.8, 4) is 5.75 Å². The van der Waals surface area contributed by atoms with E-state index in [1.54, 1.807) is 25.3 Å². The fourth-order valence-electron chi connectivity index (χ4n) is 1.58. The summed E-state index contributed by atoms with van der Waals surface area (Å²) in [4.78, 5) is 9.96. The largest absolute Gasteiger partial charge is 0.496 e. The van der Waals surface area contributed by atoms with Gasteiger partial charge < -0.3 is 9.15 Å². The van der Waals surface area contributed by atoms with Gasteiger partial charge in [0.05, 0.1) is 17.6 Å². The number of nitro groups is 1. The standard InChI is InChI=1S/C12H9BrClNO4/c1-18-9-3-2-7(6-8(9)13)12(14)10-4-5-11(19-10)15(16)17/h2-6,12H,1H3. The van der Waals surface area contributed by atoms with Crippen LogP contribution < -0.4 is 4.74 Å². The number of hydrogen-bond acceptors (Lipinski definition) is 4. The number of benzene rings is 1. The van der Waals surface area contributed by atoms with Crippen molar-refractivity contribution in [1.29, 1.82) is 0 Å². The molecule has 0 amide bonds.